The summed E-state index contributed by atoms with van der Waals surface area (Å²) in [7, 11) is 0. The number of nitrogens with one attached hydrogen (secondary N) is 2. The number of nitrogens with zero attached hydrogens (tertiary/aromatic N) is 1. The molecule has 0 aromatic heterocycles. The van der Waals surface area contributed by atoms with E-state index in [1.54, 1.807) is 20.8 Å². The van der Waals surface area contributed by atoms with Gasteiger partial charge in [-0.05, 0) is 63.3 Å². The average Bonchev–Trinajstić information content (AvgIpc) is 2.86. The van der Waals surface area contributed by atoms with E-state index in [2.05, 4.69) is 17.6 Å². The van der Waals surface area contributed by atoms with Gasteiger partial charge in [-0.25, -0.2) is 4.79 Å². The number of hydrogen-bond acceptors (Lipinski definition) is 5. The molecule has 0 aliphatic carbocycles. The van der Waals surface area contributed by atoms with Crippen molar-refractivity contribution in [2.45, 2.75) is 85.0 Å². The molecule has 8 nitrogen and oxygen atoms in total. The smallest absolute Gasteiger partial charge is 0.408 e. The predicted octanol–water partition coefficient (Wildman–Crippen LogP) is 4.57. The molecule has 2 unspecified atom stereocenters. The van der Waals surface area contributed by atoms with Gasteiger partial charge in [-0.15, -0.1) is 0 Å². The Hall–Kier alpha value is -3.39. The minimum absolute atomic E-state index is 0.287. The van der Waals surface area contributed by atoms with Gasteiger partial charge in [0.05, 0.1) is 6.61 Å². The fourth-order valence-electron chi connectivity index (χ4n) is 4.02. The highest BCUT2D eigenvalue weighted by Crippen LogP contribution is 2.26. The molecule has 0 saturated carbocycles. The summed E-state index contributed by atoms with van der Waals surface area (Å²) in [6.07, 6.45) is 1.64. The van der Waals surface area contributed by atoms with E-state index in [-0.39, 0.29) is 12.5 Å². The lowest BCUT2D eigenvalue weighted by molar-refractivity contribution is -0.143. The van der Waals surface area contributed by atoms with E-state index >= 15 is 0 Å². The number of unbranched alkanes of at least 4 members (excludes halogenated alkanes) is 2. The lowest BCUT2D eigenvalue weighted by Gasteiger charge is -2.34. The second kappa shape index (κ2) is 14.5. The van der Waals surface area contributed by atoms with Crippen LogP contribution in [0.25, 0.3) is 0 Å². The van der Waals surface area contributed by atoms with E-state index in [1.165, 1.54) is 4.90 Å². The molecule has 0 spiro atoms. The number of rotatable bonds is 12. The Morgan fingerprint density at radius 1 is 1.00 bits per heavy atom. The summed E-state index contributed by atoms with van der Waals surface area (Å²) in [4.78, 5) is 41.5. The highest BCUT2D eigenvalue weighted by molar-refractivity contribution is 5.92. The van der Waals surface area contributed by atoms with E-state index in [9.17, 15) is 19.5 Å². The molecule has 3 amide bonds. The zero-order valence-corrected chi connectivity index (χ0v) is 23.5. The quantitative estimate of drug-likeness (QED) is 0.352. The van der Waals surface area contributed by atoms with E-state index in [0.29, 0.717) is 18.5 Å². The first-order valence-corrected chi connectivity index (χ1v) is 13.3. The molecule has 0 bridgehead atoms. The van der Waals surface area contributed by atoms with Crippen molar-refractivity contribution in [3.8, 4) is 0 Å². The van der Waals surface area contributed by atoms with Gasteiger partial charge in [-0.3, -0.25) is 9.59 Å². The van der Waals surface area contributed by atoms with E-state index in [4.69, 9.17) is 4.74 Å². The third-order valence-electron chi connectivity index (χ3n) is 6.17. The number of carbonyl (C=O) groups is 3. The van der Waals surface area contributed by atoms with Crippen LogP contribution in [0.3, 0.4) is 0 Å². The van der Waals surface area contributed by atoms with Crippen molar-refractivity contribution < 1.29 is 24.2 Å². The molecule has 208 valence electrons. The van der Waals surface area contributed by atoms with Crippen LogP contribution < -0.4 is 10.6 Å². The standard InChI is InChI=1S/C30H43N3O5/c1-7-8-12-17-33(28(36)25(20-34)32-29(37)38-30(4,5)6)26(24-16-15-21(2)22(3)18-24)27(35)31-19-23-13-10-9-11-14-23/h9-11,13-16,18,25-26,34H,7-8,12,17,19-20H2,1-6H3,(H,31,35)(H,32,37). The summed E-state index contributed by atoms with van der Waals surface area (Å²) >= 11 is 0. The molecular weight excluding hydrogens is 482 g/mol. The number of ether oxygens (including phenoxy) is 1. The Morgan fingerprint density at radius 2 is 1.68 bits per heavy atom. The third-order valence-corrected chi connectivity index (χ3v) is 6.17. The van der Waals surface area contributed by atoms with Crippen molar-refractivity contribution in [2.24, 2.45) is 0 Å². The SMILES string of the molecule is CCCCCN(C(=O)C(CO)NC(=O)OC(C)(C)C)C(C(=O)NCc1ccccc1)c1ccc(C)c(C)c1. The van der Waals surface area contributed by atoms with E-state index in [0.717, 1.165) is 29.5 Å². The Bertz CT molecular complexity index is 1070. The van der Waals surface area contributed by atoms with Crippen molar-refractivity contribution in [1.82, 2.24) is 15.5 Å². The number of aliphatic hydroxyl groups is 1. The molecular formula is C30H43N3O5. The normalized spacial score (nSPS) is 12.8. The van der Waals surface area contributed by atoms with Crippen LogP contribution in [0.1, 0.15) is 75.3 Å². The molecule has 0 fully saturated rings. The van der Waals surface area contributed by atoms with Crippen LogP contribution in [0.5, 0.6) is 0 Å². The predicted molar refractivity (Wildman–Crippen MR) is 148 cm³/mol. The third kappa shape index (κ3) is 9.49. The fraction of sp³-hybridized carbons (Fsp3) is 0.500. The average molecular weight is 526 g/mol. The first-order chi connectivity index (χ1) is 18.0. The summed E-state index contributed by atoms with van der Waals surface area (Å²) in [6, 6.07) is 13.0. The first kappa shape index (κ1) is 30.8. The van der Waals surface area contributed by atoms with Gasteiger partial charge in [-0.2, -0.15) is 0 Å². The van der Waals surface area contributed by atoms with Gasteiger partial charge >= 0.3 is 6.09 Å². The molecule has 8 heteroatoms. The maximum atomic E-state index is 13.8. The maximum absolute atomic E-state index is 13.8. The number of hydrogen-bond donors (Lipinski definition) is 3. The number of aliphatic hydroxyl groups excluding tert-OH is 1. The second-order valence-electron chi connectivity index (χ2n) is 10.6. The molecule has 0 aliphatic rings. The molecule has 0 radical (unpaired) electrons. The number of aryl methyl sites for hydroxylation is 2. The van der Waals surface area contributed by atoms with Crippen LogP contribution >= 0.6 is 0 Å². The van der Waals surface area contributed by atoms with Crippen LogP contribution in [0.15, 0.2) is 48.5 Å². The summed E-state index contributed by atoms with van der Waals surface area (Å²) in [6.45, 7) is 11.1. The zero-order chi connectivity index (χ0) is 28.3. The van der Waals surface area contributed by atoms with Gasteiger partial charge in [0.2, 0.25) is 11.8 Å². The van der Waals surface area contributed by atoms with Crippen LogP contribution in [-0.4, -0.2) is 52.7 Å². The number of alkyl carbamates (subject to hydrolysis) is 1. The molecule has 3 N–H and O–H groups in total. The molecule has 0 heterocycles. The number of amides is 3. The Kier molecular flexibility index (Phi) is 11.8. The van der Waals surface area contributed by atoms with Crippen molar-refractivity contribution in [3.05, 3.63) is 70.8 Å². The molecule has 2 aromatic rings. The summed E-state index contributed by atoms with van der Waals surface area (Å²) in [5.41, 5.74) is 2.89. The minimum atomic E-state index is -1.26. The lowest BCUT2D eigenvalue weighted by atomic mass is 9.98. The van der Waals surface area contributed by atoms with Crippen LogP contribution in [0.2, 0.25) is 0 Å². The fourth-order valence-corrected chi connectivity index (χ4v) is 4.02. The van der Waals surface area contributed by atoms with Crippen molar-refractivity contribution in [1.29, 1.82) is 0 Å². The zero-order valence-electron chi connectivity index (χ0n) is 23.5. The van der Waals surface area contributed by atoms with Crippen molar-refractivity contribution in [2.75, 3.05) is 13.2 Å². The van der Waals surface area contributed by atoms with Crippen molar-refractivity contribution >= 4 is 17.9 Å². The Balaban J connectivity index is 2.44. The van der Waals surface area contributed by atoms with Gasteiger partial charge < -0.3 is 25.4 Å². The molecule has 2 atom stereocenters. The van der Waals surface area contributed by atoms with Crippen LogP contribution in [0.4, 0.5) is 4.79 Å². The number of carbonyl (C=O) groups excluding carboxylic acids is 3. The Labute approximate surface area is 226 Å². The highest BCUT2D eigenvalue weighted by atomic mass is 16.6. The van der Waals surface area contributed by atoms with Gasteiger partial charge in [0, 0.05) is 13.1 Å². The summed E-state index contributed by atoms with van der Waals surface area (Å²) in [5.74, 6) is -0.886. The van der Waals surface area contributed by atoms with Crippen LogP contribution in [0, 0.1) is 13.8 Å². The van der Waals surface area contributed by atoms with Gasteiger partial charge in [0.1, 0.15) is 17.7 Å². The van der Waals surface area contributed by atoms with Crippen molar-refractivity contribution in [3.63, 3.8) is 0 Å². The summed E-state index contributed by atoms with van der Waals surface area (Å²) < 4.78 is 5.30. The molecule has 2 aromatic carbocycles. The lowest BCUT2D eigenvalue weighted by Crippen LogP contribution is -2.54. The van der Waals surface area contributed by atoms with Gasteiger partial charge in [0.25, 0.3) is 0 Å². The number of benzene rings is 2. The summed E-state index contributed by atoms with van der Waals surface area (Å²) in [5, 5.41) is 15.5. The van der Waals surface area contributed by atoms with E-state index < -0.39 is 36.3 Å². The highest BCUT2D eigenvalue weighted by Gasteiger charge is 2.36. The topological polar surface area (TPSA) is 108 Å². The second-order valence-corrected chi connectivity index (χ2v) is 10.6. The molecule has 0 saturated heterocycles. The molecule has 2 rings (SSSR count). The molecule has 38 heavy (non-hydrogen) atoms. The minimum Gasteiger partial charge on any atom is -0.444 e. The van der Waals surface area contributed by atoms with Gasteiger partial charge in [0.15, 0.2) is 0 Å². The maximum Gasteiger partial charge on any atom is 0.408 e. The first-order valence-electron chi connectivity index (χ1n) is 13.3. The molecule has 0 aliphatic heterocycles. The largest absolute Gasteiger partial charge is 0.444 e. The van der Waals surface area contributed by atoms with Crippen LogP contribution in [-0.2, 0) is 20.9 Å². The monoisotopic (exact) mass is 525 g/mol. The van der Waals surface area contributed by atoms with E-state index in [1.807, 2.05) is 62.4 Å². The Morgan fingerprint density at radius 3 is 2.26 bits per heavy atom. The van der Waals surface area contributed by atoms with Gasteiger partial charge in [-0.1, -0.05) is 68.3 Å².